The van der Waals surface area contributed by atoms with E-state index < -0.39 is 0 Å². The smallest absolute Gasteiger partial charge is 0.175 e. The third kappa shape index (κ3) is 3.91. The minimum atomic E-state index is -0.282. The van der Waals surface area contributed by atoms with Crippen molar-refractivity contribution in [2.75, 3.05) is 31.1 Å². The standard InChI is InChI=1S/C25H23F2N3O2/c26-20-6-2-1-5-17(20)15-22-18-9-10-24(31)19(25(18)32-28-22)16-29-11-13-30(14-12-29)23-8-4-3-7-21(23)27/h1-10,31H,11-16H2. The van der Waals surface area contributed by atoms with Crippen LogP contribution < -0.4 is 4.90 Å². The van der Waals surface area contributed by atoms with Crippen molar-refractivity contribution in [3.05, 3.63) is 89.1 Å². The Morgan fingerprint density at radius 3 is 2.34 bits per heavy atom. The molecule has 5 nitrogen and oxygen atoms in total. The lowest BCUT2D eigenvalue weighted by molar-refractivity contribution is 0.245. The number of phenols is 1. The zero-order valence-corrected chi connectivity index (χ0v) is 17.5. The molecule has 4 aromatic rings. The number of anilines is 1. The monoisotopic (exact) mass is 435 g/mol. The lowest BCUT2D eigenvalue weighted by Gasteiger charge is -2.36. The van der Waals surface area contributed by atoms with Crippen molar-refractivity contribution in [2.45, 2.75) is 13.0 Å². The molecule has 1 aromatic heterocycles. The number of nitrogens with zero attached hydrogens (tertiary/aromatic N) is 3. The summed E-state index contributed by atoms with van der Waals surface area (Å²) in [5, 5.41) is 15.5. The average molecular weight is 435 g/mol. The molecule has 0 atom stereocenters. The van der Waals surface area contributed by atoms with Gasteiger partial charge in [-0.05, 0) is 35.9 Å². The second-order valence-electron chi connectivity index (χ2n) is 8.05. The summed E-state index contributed by atoms with van der Waals surface area (Å²) in [6.45, 7) is 3.31. The fraction of sp³-hybridized carbons (Fsp3) is 0.240. The number of benzene rings is 3. The van der Waals surface area contributed by atoms with Crippen LogP contribution >= 0.6 is 0 Å². The summed E-state index contributed by atoms with van der Waals surface area (Å²) >= 11 is 0. The first-order chi connectivity index (χ1) is 15.6. The quantitative estimate of drug-likeness (QED) is 0.492. The number of hydrogen-bond donors (Lipinski definition) is 1. The summed E-state index contributed by atoms with van der Waals surface area (Å²) in [4.78, 5) is 4.23. The molecule has 0 spiro atoms. The molecule has 0 amide bonds. The van der Waals surface area contributed by atoms with Gasteiger partial charge in [0.15, 0.2) is 5.58 Å². The van der Waals surface area contributed by atoms with E-state index >= 15 is 0 Å². The second-order valence-corrected chi connectivity index (χ2v) is 8.05. The number of phenolic OH excluding ortho intramolecular Hbond substituents is 1. The van der Waals surface area contributed by atoms with E-state index in [1.807, 2.05) is 11.0 Å². The Hall–Kier alpha value is -3.45. The zero-order chi connectivity index (χ0) is 22.1. The van der Waals surface area contributed by atoms with Gasteiger partial charge in [0.25, 0.3) is 0 Å². The van der Waals surface area contributed by atoms with E-state index in [0.717, 1.165) is 18.5 Å². The molecule has 0 unspecified atom stereocenters. The van der Waals surface area contributed by atoms with Crippen LogP contribution in [-0.2, 0) is 13.0 Å². The van der Waals surface area contributed by atoms with Crippen LogP contribution in [0.5, 0.6) is 5.75 Å². The molecule has 1 fully saturated rings. The number of fused-ring (bicyclic) bond motifs is 1. The Morgan fingerprint density at radius 2 is 1.59 bits per heavy atom. The van der Waals surface area contributed by atoms with Crippen LogP contribution in [0.2, 0.25) is 0 Å². The molecule has 0 aliphatic carbocycles. The average Bonchev–Trinajstić information content (AvgIpc) is 3.21. The van der Waals surface area contributed by atoms with E-state index in [4.69, 9.17) is 4.52 Å². The van der Waals surface area contributed by atoms with E-state index in [2.05, 4.69) is 10.1 Å². The van der Waals surface area contributed by atoms with E-state index in [1.54, 1.807) is 42.5 Å². The number of piperazine rings is 1. The Kier molecular flexibility index (Phi) is 5.49. The van der Waals surface area contributed by atoms with Crippen LogP contribution in [0.1, 0.15) is 16.8 Å². The lowest BCUT2D eigenvalue weighted by atomic mass is 10.0. The van der Waals surface area contributed by atoms with Crippen molar-refractivity contribution in [3.63, 3.8) is 0 Å². The number of halogens is 2. The molecule has 32 heavy (non-hydrogen) atoms. The van der Waals surface area contributed by atoms with Crippen LogP contribution in [0.15, 0.2) is 65.2 Å². The minimum Gasteiger partial charge on any atom is -0.507 e. The maximum Gasteiger partial charge on any atom is 0.175 e. The second kappa shape index (κ2) is 8.59. The normalized spacial score (nSPS) is 14.9. The van der Waals surface area contributed by atoms with Crippen molar-refractivity contribution >= 4 is 16.7 Å². The molecule has 164 valence electrons. The number of para-hydroxylation sites is 1. The van der Waals surface area contributed by atoms with Crippen LogP contribution in [-0.4, -0.2) is 41.3 Å². The fourth-order valence-corrected chi connectivity index (χ4v) is 4.28. The van der Waals surface area contributed by atoms with Gasteiger partial charge in [-0.2, -0.15) is 0 Å². The first kappa shape index (κ1) is 20.5. The number of rotatable bonds is 5. The van der Waals surface area contributed by atoms with Crippen molar-refractivity contribution in [1.82, 2.24) is 10.1 Å². The molecule has 7 heteroatoms. The van der Waals surface area contributed by atoms with Gasteiger partial charge in [0, 0.05) is 44.5 Å². The van der Waals surface area contributed by atoms with Crippen molar-refractivity contribution in [3.8, 4) is 5.75 Å². The predicted octanol–water partition coefficient (Wildman–Crippen LogP) is 4.72. The minimum absolute atomic E-state index is 0.141. The highest BCUT2D eigenvalue weighted by atomic mass is 19.1. The zero-order valence-electron chi connectivity index (χ0n) is 17.5. The maximum atomic E-state index is 14.1. The van der Waals surface area contributed by atoms with Crippen LogP contribution in [0, 0.1) is 11.6 Å². The Bertz CT molecular complexity index is 1250. The van der Waals surface area contributed by atoms with Gasteiger partial charge in [-0.3, -0.25) is 4.90 Å². The molecule has 1 saturated heterocycles. The van der Waals surface area contributed by atoms with Crippen LogP contribution in [0.25, 0.3) is 11.0 Å². The summed E-state index contributed by atoms with van der Waals surface area (Å²) in [6.07, 6.45) is 0.311. The molecular weight excluding hydrogens is 412 g/mol. The van der Waals surface area contributed by atoms with Gasteiger partial charge >= 0.3 is 0 Å². The molecule has 0 bridgehead atoms. The molecule has 3 aromatic carbocycles. The van der Waals surface area contributed by atoms with Gasteiger partial charge in [0.2, 0.25) is 0 Å². The highest BCUT2D eigenvalue weighted by Crippen LogP contribution is 2.32. The number of aromatic nitrogens is 1. The van der Waals surface area contributed by atoms with Crippen molar-refractivity contribution < 1.29 is 18.4 Å². The molecule has 2 heterocycles. The topological polar surface area (TPSA) is 52.7 Å². The third-order valence-corrected chi connectivity index (χ3v) is 6.06. The van der Waals surface area contributed by atoms with Gasteiger partial charge in [0.1, 0.15) is 17.4 Å². The van der Waals surface area contributed by atoms with Crippen molar-refractivity contribution in [2.24, 2.45) is 0 Å². The van der Waals surface area contributed by atoms with Crippen LogP contribution in [0.3, 0.4) is 0 Å². The summed E-state index contributed by atoms with van der Waals surface area (Å²) in [5.74, 6) is -0.356. The van der Waals surface area contributed by atoms with Crippen molar-refractivity contribution in [1.29, 1.82) is 0 Å². The lowest BCUT2D eigenvalue weighted by Crippen LogP contribution is -2.46. The van der Waals surface area contributed by atoms with E-state index in [9.17, 15) is 13.9 Å². The van der Waals surface area contributed by atoms with Gasteiger partial charge in [0.05, 0.1) is 16.9 Å². The molecule has 1 aliphatic heterocycles. The highest BCUT2D eigenvalue weighted by molar-refractivity contribution is 5.84. The fourth-order valence-electron chi connectivity index (χ4n) is 4.28. The first-order valence-electron chi connectivity index (χ1n) is 10.6. The van der Waals surface area contributed by atoms with Gasteiger partial charge in [-0.25, -0.2) is 8.78 Å². The summed E-state index contributed by atoms with van der Waals surface area (Å²) in [7, 11) is 0. The summed E-state index contributed by atoms with van der Waals surface area (Å²) in [6, 6.07) is 16.8. The van der Waals surface area contributed by atoms with Gasteiger partial charge in [-0.15, -0.1) is 0 Å². The molecule has 0 saturated carbocycles. The Balaban J connectivity index is 1.34. The highest BCUT2D eigenvalue weighted by Gasteiger charge is 2.23. The summed E-state index contributed by atoms with van der Waals surface area (Å²) < 4.78 is 33.8. The molecule has 1 aliphatic rings. The largest absolute Gasteiger partial charge is 0.507 e. The SMILES string of the molecule is Oc1ccc2c(Cc3ccccc3F)noc2c1CN1CCN(c2ccccc2F)CC1. The molecule has 0 radical (unpaired) electrons. The Morgan fingerprint density at radius 1 is 0.875 bits per heavy atom. The van der Waals surface area contributed by atoms with E-state index in [1.165, 1.54) is 12.1 Å². The summed E-state index contributed by atoms with van der Waals surface area (Å²) in [5.41, 5.74) is 2.98. The number of aromatic hydroxyl groups is 1. The predicted molar refractivity (Wildman–Crippen MR) is 119 cm³/mol. The van der Waals surface area contributed by atoms with Gasteiger partial charge in [-0.1, -0.05) is 35.5 Å². The van der Waals surface area contributed by atoms with Crippen LogP contribution in [0.4, 0.5) is 14.5 Å². The maximum absolute atomic E-state index is 14.1. The Labute approximate surface area is 184 Å². The molecule has 1 N–H and O–H groups in total. The van der Waals surface area contributed by atoms with E-state index in [-0.39, 0.29) is 17.4 Å². The third-order valence-electron chi connectivity index (χ3n) is 6.06. The number of hydrogen-bond acceptors (Lipinski definition) is 5. The van der Waals surface area contributed by atoms with Gasteiger partial charge < -0.3 is 14.5 Å². The van der Waals surface area contributed by atoms with E-state index in [0.29, 0.717) is 54.1 Å². The first-order valence-corrected chi connectivity index (χ1v) is 10.6. The molecular formula is C25H23F2N3O2. The molecule has 5 rings (SSSR count).